The van der Waals surface area contributed by atoms with Crippen LogP contribution in [0.1, 0.15) is 18.5 Å². The fraction of sp³-hybridized carbons (Fsp3) is 0.278. The van der Waals surface area contributed by atoms with Gasteiger partial charge in [-0.05, 0) is 52.7 Å². The highest BCUT2D eigenvalue weighted by molar-refractivity contribution is 9.10. The minimum atomic E-state index is -0.187. The number of rotatable bonds is 5. The summed E-state index contributed by atoms with van der Waals surface area (Å²) in [6.07, 6.45) is 0. The third-order valence-corrected chi connectivity index (χ3v) is 4.29. The number of para-hydroxylation sites is 1. The first kappa shape index (κ1) is 16.6. The number of ether oxygens (including phenoxy) is 3. The zero-order valence-electron chi connectivity index (χ0n) is 13.3. The maximum atomic E-state index is 12.1. The highest BCUT2D eigenvalue weighted by Crippen LogP contribution is 2.32. The van der Waals surface area contributed by atoms with Gasteiger partial charge in [0.1, 0.15) is 19.0 Å². The molecule has 1 aliphatic heterocycles. The van der Waals surface area contributed by atoms with Crippen molar-refractivity contribution in [1.29, 1.82) is 0 Å². The van der Waals surface area contributed by atoms with Crippen molar-refractivity contribution >= 4 is 21.8 Å². The quantitative estimate of drug-likeness (QED) is 0.847. The van der Waals surface area contributed by atoms with Gasteiger partial charge in [0, 0.05) is 0 Å². The van der Waals surface area contributed by atoms with E-state index in [-0.39, 0.29) is 18.6 Å². The molecular weight excluding hydrogens is 374 g/mol. The number of fused-ring (bicyclic) bond motifs is 1. The molecule has 0 bridgehead atoms. The first-order valence-electron chi connectivity index (χ1n) is 7.70. The Balaban J connectivity index is 1.57. The molecule has 6 heteroatoms. The predicted molar refractivity (Wildman–Crippen MR) is 93.6 cm³/mol. The molecule has 2 aromatic rings. The monoisotopic (exact) mass is 391 g/mol. The second-order valence-electron chi connectivity index (χ2n) is 5.41. The Morgan fingerprint density at radius 1 is 1.21 bits per heavy atom. The highest BCUT2D eigenvalue weighted by Gasteiger charge is 2.16. The highest BCUT2D eigenvalue weighted by atomic mass is 79.9. The SMILES string of the molecule is C[C@@H](NC(=O)COc1ccccc1Br)c1ccc2c(c1)OCCO2. The van der Waals surface area contributed by atoms with Crippen molar-refractivity contribution in [2.75, 3.05) is 19.8 Å². The Labute approximate surface area is 149 Å². The third-order valence-electron chi connectivity index (χ3n) is 3.64. The van der Waals surface area contributed by atoms with Crippen LogP contribution in [0.2, 0.25) is 0 Å². The summed E-state index contributed by atoms with van der Waals surface area (Å²) in [6, 6.07) is 12.9. The lowest BCUT2D eigenvalue weighted by Gasteiger charge is -2.21. The molecule has 0 radical (unpaired) electrons. The molecule has 0 saturated heterocycles. The van der Waals surface area contributed by atoms with E-state index in [2.05, 4.69) is 21.2 Å². The van der Waals surface area contributed by atoms with Gasteiger partial charge in [-0.25, -0.2) is 0 Å². The molecule has 1 amide bonds. The van der Waals surface area contributed by atoms with E-state index >= 15 is 0 Å². The van der Waals surface area contributed by atoms with Gasteiger partial charge < -0.3 is 19.5 Å². The van der Waals surface area contributed by atoms with Crippen molar-refractivity contribution in [2.24, 2.45) is 0 Å². The molecule has 1 aliphatic rings. The summed E-state index contributed by atoms with van der Waals surface area (Å²) in [5.74, 6) is 1.90. The largest absolute Gasteiger partial charge is 0.486 e. The second-order valence-corrected chi connectivity index (χ2v) is 6.27. The van der Waals surface area contributed by atoms with Gasteiger partial charge in [-0.2, -0.15) is 0 Å². The molecule has 1 heterocycles. The molecule has 24 heavy (non-hydrogen) atoms. The van der Waals surface area contributed by atoms with Crippen molar-refractivity contribution in [1.82, 2.24) is 5.32 Å². The third kappa shape index (κ3) is 4.00. The van der Waals surface area contributed by atoms with Crippen LogP contribution in [0, 0.1) is 0 Å². The fourth-order valence-corrected chi connectivity index (χ4v) is 2.80. The van der Waals surface area contributed by atoms with Gasteiger partial charge in [0.15, 0.2) is 18.1 Å². The summed E-state index contributed by atoms with van der Waals surface area (Å²) in [6.45, 7) is 2.97. The Hall–Kier alpha value is -2.21. The molecule has 1 N–H and O–H groups in total. The van der Waals surface area contributed by atoms with Crippen LogP contribution < -0.4 is 19.5 Å². The number of hydrogen-bond donors (Lipinski definition) is 1. The van der Waals surface area contributed by atoms with Crippen molar-refractivity contribution < 1.29 is 19.0 Å². The molecule has 0 spiro atoms. The summed E-state index contributed by atoms with van der Waals surface area (Å²) in [5.41, 5.74) is 0.952. The van der Waals surface area contributed by atoms with Crippen LogP contribution in [-0.4, -0.2) is 25.7 Å². The standard InChI is InChI=1S/C18H18BrNO4/c1-12(13-6-7-16-17(10-13)23-9-8-22-16)20-18(21)11-24-15-5-3-2-4-14(15)19/h2-7,10,12H,8-9,11H2,1H3,(H,20,21)/t12-/m1/s1. The van der Waals surface area contributed by atoms with Crippen LogP contribution in [0.3, 0.4) is 0 Å². The minimum Gasteiger partial charge on any atom is -0.486 e. The van der Waals surface area contributed by atoms with Gasteiger partial charge in [0.25, 0.3) is 5.91 Å². The molecule has 0 aliphatic carbocycles. The van der Waals surface area contributed by atoms with Gasteiger partial charge >= 0.3 is 0 Å². The van der Waals surface area contributed by atoms with Crippen molar-refractivity contribution in [3.05, 3.63) is 52.5 Å². The number of amides is 1. The van der Waals surface area contributed by atoms with E-state index in [1.54, 1.807) is 0 Å². The first-order valence-corrected chi connectivity index (χ1v) is 8.49. The van der Waals surface area contributed by atoms with Crippen molar-refractivity contribution in [3.8, 4) is 17.2 Å². The van der Waals surface area contributed by atoms with E-state index < -0.39 is 0 Å². The lowest BCUT2D eigenvalue weighted by atomic mass is 10.1. The van der Waals surface area contributed by atoms with Crippen LogP contribution in [0.4, 0.5) is 0 Å². The Bertz CT molecular complexity index is 735. The molecule has 0 aromatic heterocycles. The molecule has 2 aromatic carbocycles. The molecule has 0 unspecified atom stereocenters. The van der Waals surface area contributed by atoms with E-state index in [9.17, 15) is 4.79 Å². The number of hydrogen-bond acceptors (Lipinski definition) is 4. The lowest BCUT2D eigenvalue weighted by molar-refractivity contribution is -0.123. The van der Waals surface area contributed by atoms with E-state index in [0.29, 0.717) is 24.7 Å². The molecule has 126 valence electrons. The second kappa shape index (κ2) is 7.57. The van der Waals surface area contributed by atoms with Gasteiger partial charge in [-0.15, -0.1) is 0 Å². The molecule has 5 nitrogen and oxygen atoms in total. The summed E-state index contributed by atoms with van der Waals surface area (Å²) in [4.78, 5) is 12.1. The van der Waals surface area contributed by atoms with E-state index in [1.165, 1.54) is 0 Å². The maximum absolute atomic E-state index is 12.1. The van der Waals surface area contributed by atoms with Crippen molar-refractivity contribution in [3.63, 3.8) is 0 Å². The Kier molecular flexibility index (Phi) is 5.25. The van der Waals surface area contributed by atoms with Gasteiger partial charge in [-0.3, -0.25) is 4.79 Å². The fourth-order valence-electron chi connectivity index (χ4n) is 2.40. The Morgan fingerprint density at radius 3 is 2.75 bits per heavy atom. The van der Waals surface area contributed by atoms with Gasteiger partial charge in [0.2, 0.25) is 0 Å². The summed E-state index contributed by atoms with van der Waals surface area (Å²) in [7, 11) is 0. The Morgan fingerprint density at radius 2 is 1.96 bits per heavy atom. The zero-order chi connectivity index (χ0) is 16.9. The summed E-state index contributed by atoms with van der Waals surface area (Å²) in [5, 5.41) is 2.92. The van der Waals surface area contributed by atoms with Crippen LogP contribution in [0.5, 0.6) is 17.2 Å². The summed E-state index contributed by atoms with van der Waals surface area (Å²) < 4.78 is 17.4. The van der Waals surface area contributed by atoms with Crippen molar-refractivity contribution in [2.45, 2.75) is 13.0 Å². The maximum Gasteiger partial charge on any atom is 0.258 e. The molecule has 3 rings (SSSR count). The van der Waals surface area contributed by atoms with E-state index in [0.717, 1.165) is 15.8 Å². The van der Waals surface area contributed by atoms with E-state index in [1.807, 2.05) is 49.4 Å². The van der Waals surface area contributed by atoms with Crippen LogP contribution >= 0.6 is 15.9 Å². The number of halogens is 1. The molecule has 0 saturated carbocycles. The minimum absolute atomic E-state index is 0.0441. The lowest BCUT2D eigenvalue weighted by Crippen LogP contribution is -2.31. The topological polar surface area (TPSA) is 56.8 Å². The number of nitrogens with one attached hydrogen (secondary N) is 1. The number of carbonyl (C=O) groups is 1. The average molecular weight is 392 g/mol. The van der Waals surface area contributed by atoms with E-state index in [4.69, 9.17) is 14.2 Å². The smallest absolute Gasteiger partial charge is 0.258 e. The average Bonchev–Trinajstić information content (AvgIpc) is 2.60. The summed E-state index contributed by atoms with van der Waals surface area (Å²) >= 11 is 3.39. The van der Waals surface area contributed by atoms with Crippen LogP contribution in [0.15, 0.2) is 46.9 Å². The normalized spacial score (nSPS) is 13.9. The predicted octanol–water partition coefficient (Wildman–Crippen LogP) is 3.48. The van der Waals surface area contributed by atoms with Crippen LogP contribution in [-0.2, 0) is 4.79 Å². The van der Waals surface area contributed by atoms with Crippen LogP contribution in [0.25, 0.3) is 0 Å². The zero-order valence-corrected chi connectivity index (χ0v) is 14.8. The first-order chi connectivity index (χ1) is 11.6. The molecular formula is C18H18BrNO4. The molecule has 1 atom stereocenters. The van der Waals surface area contributed by atoms with Gasteiger partial charge in [0.05, 0.1) is 10.5 Å². The number of carbonyl (C=O) groups excluding carboxylic acids is 1. The van der Waals surface area contributed by atoms with Gasteiger partial charge in [-0.1, -0.05) is 18.2 Å². The number of benzene rings is 2. The molecule has 0 fully saturated rings.